The summed E-state index contributed by atoms with van der Waals surface area (Å²) in [4.78, 5) is 29.3. The summed E-state index contributed by atoms with van der Waals surface area (Å²) in [5.74, 6) is -0.984. The first-order chi connectivity index (χ1) is 11.4. The Morgan fingerprint density at radius 3 is 2.67 bits per heavy atom. The Morgan fingerprint density at radius 1 is 1.33 bits per heavy atom. The SMILES string of the molecule is CCC(=O)N1[C@H](C(=O)[O-])Cc2c([nH]c3ccccc23)[C@@H]1CC(C)C. The van der Waals surface area contributed by atoms with Crippen LogP contribution in [0.3, 0.4) is 0 Å². The topological polar surface area (TPSA) is 76.2 Å². The lowest BCUT2D eigenvalue weighted by molar-refractivity contribution is -0.312. The number of nitrogens with one attached hydrogen (secondary N) is 1. The van der Waals surface area contributed by atoms with E-state index in [1.807, 2.05) is 24.3 Å². The Labute approximate surface area is 141 Å². The number of carboxylic acid groups (broad SMARTS) is 1. The van der Waals surface area contributed by atoms with Crippen LogP contribution in [0, 0.1) is 5.92 Å². The van der Waals surface area contributed by atoms with Gasteiger partial charge in [-0.1, -0.05) is 39.0 Å². The standard InChI is InChI=1S/C19H24N2O3/c1-4-17(22)21-15(9-11(2)3)18-13(10-16(21)19(23)24)12-7-5-6-8-14(12)20-18/h5-8,11,15-16,20H,4,9-10H2,1-3H3,(H,23,24)/p-1/t15-,16-/m0/s1. The molecule has 0 bridgehead atoms. The highest BCUT2D eigenvalue weighted by Crippen LogP contribution is 2.40. The molecular weight excluding hydrogens is 304 g/mol. The van der Waals surface area contributed by atoms with Crippen LogP contribution in [-0.2, 0) is 16.0 Å². The van der Waals surface area contributed by atoms with Gasteiger partial charge in [-0.2, -0.15) is 0 Å². The third-order valence-corrected chi connectivity index (χ3v) is 4.81. The third-order valence-electron chi connectivity index (χ3n) is 4.81. The molecule has 0 radical (unpaired) electrons. The van der Waals surface area contributed by atoms with E-state index in [9.17, 15) is 14.7 Å². The molecule has 1 aromatic heterocycles. The van der Waals surface area contributed by atoms with Gasteiger partial charge in [0, 0.05) is 29.4 Å². The number of fused-ring (bicyclic) bond motifs is 3. The summed E-state index contributed by atoms with van der Waals surface area (Å²) in [5, 5.41) is 12.8. The number of aromatic nitrogens is 1. The van der Waals surface area contributed by atoms with Gasteiger partial charge in [0.2, 0.25) is 5.91 Å². The first kappa shape index (κ1) is 16.6. The quantitative estimate of drug-likeness (QED) is 0.935. The Morgan fingerprint density at radius 2 is 2.04 bits per heavy atom. The molecule has 0 spiro atoms. The van der Waals surface area contributed by atoms with E-state index in [2.05, 4.69) is 18.8 Å². The van der Waals surface area contributed by atoms with Gasteiger partial charge in [-0.25, -0.2) is 0 Å². The van der Waals surface area contributed by atoms with Gasteiger partial charge in [0.25, 0.3) is 0 Å². The highest BCUT2D eigenvalue weighted by atomic mass is 16.4. The van der Waals surface area contributed by atoms with Crippen LogP contribution in [0.15, 0.2) is 24.3 Å². The highest BCUT2D eigenvalue weighted by molar-refractivity contribution is 5.89. The maximum absolute atomic E-state index is 12.5. The number of carbonyl (C=O) groups is 2. The van der Waals surface area contributed by atoms with E-state index in [4.69, 9.17) is 0 Å². The number of para-hydroxylation sites is 1. The normalized spacial score (nSPS) is 20.4. The van der Waals surface area contributed by atoms with Crippen molar-refractivity contribution in [2.24, 2.45) is 5.92 Å². The first-order valence-corrected chi connectivity index (χ1v) is 8.55. The van der Waals surface area contributed by atoms with Crippen molar-refractivity contribution in [1.82, 2.24) is 9.88 Å². The molecule has 0 saturated carbocycles. The predicted molar refractivity (Wildman–Crippen MR) is 90.1 cm³/mol. The molecule has 1 aliphatic heterocycles. The molecule has 5 nitrogen and oxygen atoms in total. The number of nitrogens with zero attached hydrogens (tertiary/aromatic N) is 1. The molecule has 1 N–H and O–H groups in total. The number of hydrogen-bond acceptors (Lipinski definition) is 3. The Kier molecular flexibility index (Phi) is 4.35. The summed E-state index contributed by atoms with van der Waals surface area (Å²) in [6.45, 7) is 5.93. The molecule has 2 heterocycles. The van der Waals surface area contributed by atoms with E-state index < -0.39 is 12.0 Å². The number of hydrogen-bond donors (Lipinski definition) is 1. The van der Waals surface area contributed by atoms with E-state index >= 15 is 0 Å². The summed E-state index contributed by atoms with van der Waals surface area (Å²) in [5.41, 5.74) is 2.97. The van der Waals surface area contributed by atoms with Crippen molar-refractivity contribution in [3.63, 3.8) is 0 Å². The van der Waals surface area contributed by atoms with Gasteiger partial charge in [0.1, 0.15) is 0 Å². The Bertz CT molecular complexity index is 778. The van der Waals surface area contributed by atoms with Crippen LogP contribution in [0.4, 0.5) is 0 Å². The van der Waals surface area contributed by atoms with Crippen molar-refractivity contribution in [3.8, 4) is 0 Å². The highest BCUT2D eigenvalue weighted by Gasteiger charge is 2.39. The second kappa shape index (κ2) is 6.30. The lowest BCUT2D eigenvalue weighted by atomic mass is 9.87. The molecule has 2 atom stereocenters. The van der Waals surface area contributed by atoms with Crippen molar-refractivity contribution < 1.29 is 14.7 Å². The largest absolute Gasteiger partial charge is 0.548 e. The number of benzene rings is 1. The van der Waals surface area contributed by atoms with Crippen LogP contribution in [0.25, 0.3) is 10.9 Å². The van der Waals surface area contributed by atoms with Gasteiger partial charge in [-0.3, -0.25) is 4.79 Å². The van der Waals surface area contributed by atoms with Gasteiger partial charge in [0.05, 0.1) is 18.1 Å². The smallest absolute Gasteiger partial charge is 0.223 e. The maximum atomic E-state index is 12.5. The molecule has 3 rings (SSSR count). The van der Waals surface area contributed by atoms with Gasteiger partial charge < -0.3 is 19.8 Å². The van der Waals surface area contributed by atoms with E-state index in [0.717, 1.165) is 28.6 Å². The molecule has 0 unspecified atom stereocenters. The maximum Gasteiger partial charge on any atom is 0.223 e. The average molecular weight is 327 g/mol. The van der Waals surface area contributed by atoms with E-state index in [-0.39, 0.29) is 18.4 Å². The molecule has 2 aromatic rings. The van der Waals surface area contributed by atoms with Crippen molar-refractivity contribution in [3.05, 3.63) is 35.5 Å². The number of amides is 1. The summed E-state index contributed by atoms with van der Waals surface area (Å²) in [6.07, 6.45) is 1.30. The molecule has 1 amide bonds. The van der Waals surface area contributed by atoms with Crippen LogP contribution in [0.2, 0.25) is 0 Å². The minimum atomic E-state index is -1.18. The minimum Gasteiger partial charge on any atom is -0.548 e. The molecule has 128 valence electrons. The van der Waals surface area contributed by atoms with Gasteiger partial charge in [-0.15, -0.1) is 0 Å². The fourth-order valence-electron chi connectivity index (χ4n) is 3.78. The van der Waals surface area contributed by atoms with Crippen molar-refractivity contribution in [2.45, 2.75) is 52.1 Å². The van der Waals surface area contributed by atoms with Crippen LogP contribution in [0.5, 0.6) is 0 Å². The van der Waals surface area contributed by atoms with Crippen LogP contribution in [0.1, 0.15) is 50.9 Å². The molecule has 5 heteroatoms. The van der Waals surface area contributed by atoms with Gasteiger partial charge in [0.15, 0.2) is 0 Å². The predicted octanol–water partition coefficient (Wildman–Crippen LogP) is 2.17. The van der Waals surface area contributed by atoms with Gasteiger partial charge >= 0.3 is 0 Å². The van der Waals surface area contributed by atoms with E-state index in [0.29, 0.717) is 12.3 Å². The Hall–Kier alpha value is -2.30. The minimum absolute atomic E-state index is 0.140. The van der Waals surface area contributed by atoms with Crippen molar-refractivity contribution >= 4 is 22.8 Å². The number of carboxylic acids is 1. The number of H-pyrrole nitrogens is 1. The zero-order valence-electron chi connectivity index (χ0n) is 14.3. The monoisotopic (exact) mass is 327 g/mol. The summed E-state index contributed by atoms with van der Waals surface area (Å²) in [6, 6.07) is 6.73. The Balaban J connectivity index is 2.19. The molecular formula is C19H23N2O3-. The van der Waals surface area contributed by atoms with Gasteiger partial charge in [-0.05, 0) is 24.0 Å². The molecule has 0 fully saturated rings. The van der Waals surface area contributed by atoms with Crippen molar-refractivity contribution in [1.29, 1.82) is 0 Å². The van der Waals surface area contributed by atoms with Crippen LogP contribution < -0.4 is 5.11 Å². The average Bonchev–Trinajstić information content (AvgIpc) is 2.92. The number of rotatable bonds is 4. The molecule has 1 aromatic carbocycles. The summed E-state index contributed by atoms with van der Waals surface area (Å²) >= 11 is 0. The second-order valence-electron chi connectivity index (χ2n) is 6.90. The third kappa shape index (κ3) is 2.68. The molecule has 24 heavy (non-hydrogen) atoms. The molecule has 0 aliphatic carbocycles. The lowest BCUT2D eigenvalue weighted by Gasteiger charge is -2.43. The van der Waals surface area contributed by atoms with Crippen LogP contribution >= 0.6 is 0 Å². The molecule has 0 saturated heterocycles. The zero-order valence-corrected chi connectivity index (χ0v) is 14.3. The molecule has 1 aliphatic rings. The fourth-order valence-corrected chi connectivity index (χ4v) is 3.78. The summed E-state index contributed by atoms with van der Waals surface area (Å²) < 4.78 is 0. The number of carbonyl (C=O) groups excluding carboxylic acids is 2. The van der Waals surface area contributed by atoms with E-state index in [1.165, 1.54) is 4.90 Å². The van der Waals surface area contributed by atoms with Crippen LogP contribution in [-0.4, -0.2) is 27.8 Å². The number of aliphatic carboxylic acids is 1. The fraction of sp³-hybridized carbons (Fsp3) is 0.474. The zero-order chi connectivity index (χ0) is 17.4. The first-order valence-electron chi connectivity index (χ1n) is 8.55. The number of aromatic amines is 1. The van der Waals surface area contributed by atoms with E-state index in [1.54, 1.807) is 6.92 Å². The second-order valence-corrected chi connectivity index (χ2v) is 6.90. The lowest BCUT2D eigenvalue weighted by Crippen LogP contribution is -2.55. The van der Waals surface area contributed by atoms with Crippen molar-refractivity contribution in [2.75, 3.05) is 0 Å². The summed E-state index contributed by atoms with van der Waals surface area (Å²) in [7, 11) is 0.